The lowest BCUT2D eigenvalue weighted by atomic mass is 10.0. The predicted octanol–water partition coefficient (Wildman–Crippen LogP) is 4.71. The second-order valence-corrected chi connectivity index (χ2v) is 7.85. The number of hydrogen-bond donors (Lipinski definition) is 0. The second-order valence-electron chi connectivity index (χ2n) is 6.79. The second kappa shape index (κ2) is 6.32. The molecular weight excluding hydrogens is 308 g/mol. The van der Waals surface area contributed by atoms with Gasteiger partial charge >= 0.3 is 6.09 Å². The topological polar surface area (TPSA) is 42.4 Å². The van der Waals surface area contributed by atoms with Crippen LogP contribution in [0.3, 0.4) is 0 Å². The zero-order valence-corrected chi connectivity index (χ0v) is 14.7. The summed E-state index contributed by atoms with van der Waals surface area (Å²) in [5, 5.41) is 1.05. The monoisotopic (exact) mass is 330 g/mol. The van der Waals surface area contributed by atoms with Crippen molar-refractivity contribution in [2.24, 2.45) is 0 Å². The van der Waals surface area contributed by atoms with E-state index in [0.29, 0.717) is 13.1 Å². The van der Waals surface area contributed by atoms with Gasteiger partial charge < -0.3 is 9.64 Å². The number of likely N-dealkylation sites (tertiary alicyclic amines) is 1. The number of rotatable bonds is 1. The number of carbonyl (C=O) groups excluding carboxylic acids is 1. The number of carbonyl (C=O) groups is 1. The summed E-state index contributed by atoms with van der Waals surface area (Å²) in [5.74, 6) is 0. The lowest BCUT2D eigenvalue weighted by Gasteiger charge is -2.30. The molecule has 0 radical (unpaired) electrons. The van der Waals surface area contributed by atoms with E-state index in [1.54, 1.807) is 16.2 Å². The molecule has 2 heterocycles. The van der Waals surface area contributed by atoms with Crippen molar-refractivity contribution in [1.29, 1.82) is 0 Å². The lowest BCUT2D eigenvalue weighted by molar-refractivity contribution is 0.0237. The molecule has 1 saturated heterocycles. The maximum absolute atomic E-state index is 12.1. The Morgan fingerprint density at radius 1 is 1.26 bits per heavy atom. The molecule has 1 aliphatic rings. The summed E-state index contributed by atoms with van der Waals surface area (Å²) in [6.07, 6.45) is 3.73. The van der Waals surface area contributed by atoms with Crippen molar-refractivity contribution in [2.75, 3.05) is 13.1 Å². The first-order chi connectivity index (χ1) is 10.9. The fourth-order valence-corrected chi connectivity index (χ4v) is 3.53. The number of piperidine rings is 1. The Morgan fingerprint density at radius 3 is 2.61 bits per heavy atom. The molecule has 1 fully saturated rings. The van der Waals surface area contributed by atoms with Crippen LogP contribution in [0.4, 0.5) is 4.79 Å². The molecule has 122 valence electrons. The highest BCUT2D eigenvalue weighted by Gasteiger charge is 2.24. The number of fused-ring (bicyclic) bond motifs is 1. The average Bonchev–Trinajstić information content (AvgIpc) is 2.88. The van der Waals surface area contributed by atoms with Gasteiger partial charge in [-0.05, 0) is 51.8 Å². The molecule has 1 aromatic heterocycles. The third-order valence-corrected chi connectivity index (χ3v) is 4.68. The molecule has 1 aliphatic heterocycles. The van der Waals surface area contributed by atoms with Gasteiger partial charge in [0.15, 0.2) is 0 Å². The summed E-state index contributed by atoms with van der Waals surface area (Å²) in [6, 6.07) is 8.19. The van der Waals surface area contributed by atoms with Gasteiger partial charge in [-0.1, -0.05) is 17.7 Å². The van der Waals surface area contributed by atoms with Crippen molar-refractivity contribution in [2.45, 2.75) is 39.2 Å². The number of amides is 1. The van der Waals surface area contributed by atoms with E-state index in [4.69, 9.17) is 4.74 Å². The number of nitrogens with zero attached hydrogens (tertiary/aromatic N) is 2. The van der Waals surface area contributed by atoms with Gasteiger partial charge in [0.05, 0.1) is 10.2 Å². The van der Waals surface area contributed by atoms with Crippen molar-refractivity contribution >= 4 is 33.7 Å². The first-order valence-electron chi connectivity index (χ1n) is 7.94. The Bertz CT molecular complexity index is 700. The normalized spacial score (nSPS) is 15.8. The first kappa shape index (κ1) is 16.0. The SMILES string of the molecule is CC(C)(C)OC(=O)N1CCC(=Cc2nc3ccccc3s2)CC1. The van der Waals surface area contributed by atoms with E-state index >= 15 is 0 Å². The fraction of sp³-hybridized carbons (Fsp3) is 0.444. The number of ether oxygens (including phenoxy) is 1. The molecule has 5 heteroatoms. The smallest absolute Gasteiger partial charge is 0.410 e. The zero-order chi connectivity index (χ0) is 16.4. The number of benzene rings is 1. The zero-order valence-electron chi connectivity index (χ0n) is 13.8. The van der Waals surface area contributed by atoms with E-state index in [1.807, 2.05) is 39.0 Å². The van der Waals surface area contributed by atoms with Gasteiger partial charge in [-0.15, -0.1) is 11.3 Å². The molecule has 1 amide bonds. The summed E-state index contributed by atoms with van der Waals surface area (Å²) < 4.78 is 6.64. The van der Waals surface area contributed by atoms with E-state index in [0.717, 1.165) is 23.4 Å². The van der Waals surface area contributed by atoms with Gasteiger partial charge in [-0.2, -0.15) is 0 Å². The first-order valence-corrected chi connectivity index (χ1v) is 8.75. The largest absolute Gasteiger partial charge is 0.444 e. The van der Waals surface area contributed by atoms with Gasteiger partial charge in [0.25, 0.3) is 0 Å². The molecule has 4 nitrogen and oxygen atoms in total. The molecule has 2 aromatic rings. The van der Waals surface area contributed by atoms with E-state index in [2.05, 4.69) is 17.1 Å². The Morgan fingerprint density at radius 2 is 1.96 bits per heavy atom. The molecule has 23 heavy (non-hydrogen) atoms. The Balaban J connectivity index is 1.63. The summed E-state index contributed by atoms with van der Waals surface area (Å²) in [6.45, 7) is 7.12. The Kier molecular flexibility index (Phi) is 4.39. The maximum Gasteiger partial charge on any atom is 0.410 e. The van der Waals surface area contributed by atoms with Crippen LogP contribution in [0.15, 0.2) is 29.8 Å². The van der Waals surface area contributed by atoms with E-state index in [-0.39, 0.29) is 6.09 Å². The van der Waals surface area contributed by atoms with Crippen molar-refractivity contribution in [3.05, 3.63) is 34.8 Å². The van der Waals surface area contributed by atoms with Crippen LogP contribution in [0, 0.1) is 0 Å². The van der Waals surface area contributed by atoms with Crippen LogP contribution < -0.4 is 0 Å². The summed E-state index contributed by atoms with van der Waals surface area (Å²) in [4.78, 5) is 18.5. The highest BCUT2D eigenvalue weighted by atomic mass is 32.1. The van der Waals surface area contributed by atoms with Gasteiger partial charge in [0, 0.05) is 13.1 Å². The summed E-state index contributed by atoms with van der Waals surface area (Å²) >= 11 is 1.71. The van der Waals surface area contributed by atoms with Gasteiger partial charge in [-0.25, -0.2) is 9.78 Å². The predicted molar refractivity (Wildman–Crippen MR) is 94.6 cm³/mol. The Labute approximate surface area is 140 Å². The summed E-state index contributed by atoms with van der Waals surface area (Å²) in [5.41, 5.74) is 1.97. The fourth-order valence-electron chi connectivity index (χ4n) is 2.57. The van der Waals surface area contributed by atoms with E-state index in [1.165, 1.54) is 10.3 Å². The molecule has 3 rings (SSSR count). The Hall–Kier alpha value is -1.88. The van der Waals surface area contributed by atoms with Crippen molar-refractivity contribution in [3.63, 3.8) is 0 Å². The molecule has 0 bridgehead atoms. The standard InChI is InChI=1S/C18H22N2O2S/c1-18(2,3)22-17(21)20-10-8-13(9-11-20)12-16-19-14-6-4-5-7-15(14)23-16/h4-7,12H,8-11H2,1-3H3. The molecule has 0 spiro atoms. The van der Waals surface area contributed by atoms with Gasteiger partial charge in [-0.3, -0.25) is 0 Å². The molecule has 0 saturated carbocycles. The average molecular weight is 330 g/mol. The van der Waals surface area contributed by atoms with Crippen LogP contribution in [-0.4, -0.2) is 34.7 Å². The van der Waals surface area contributed by atoms with Crippen LogP contribution in [0.1, 0.15) is 38.6 Å². The highest BCUT2D eigenvalue weighted by Crippen LogP contribution is 2.26. The van der Waals surface area contributed by atoms with Gasteiger partial charge in [0.2, 0.25) is 0 Å². The molecule has 0 atom stereocenters. The lowest BCUT2D eigenvalue weighted by Crippen LogP contribution is -2.40. The number of aromatic nitrogens is 1. The minimum atomic E-state index is -0.436. The number of hydrogen-bond acceptors (Lipinski definition) is 4. The quantitative estimate of drug-likeness (QED) is 0.760. The van der Waals surface area contributed by atoms with Crippen LogP contribution in [0.2, 0.25) is 0 Å². The van der Waals surface area contributed by atoms with Crippen molar-refractivity contribution in [3.8, 4) is 0 Å². The third-order valence-electron chi connectivity index (χ3n) is 3.70. The van der Waals surface area contributed by atoms with Crippen molar-refractivity contribution < 1.29 is 9.53 Å². The van der Waals surface area contributed by atoms with Crippen LogP contribution in [-0.2, 0) is 4.74 Å². The van der Waals surface area contributed by atoms with Gasteiger partial charge in [0.1, 0.15) is 10.6 Å². The summed E-state index contributed by atoms with van der Waals surface area (Å²) in [7, 11) is 0. The molecular formula is C18H22N2O2S. The minimum Gasteiger partial charge on any atom is -0.444 e. The third kappa shape index (κ3) is 4.10. The van der Waals surface area contributed by atoms with Crippen molar-refractivity contribution in [1.82, 2.24) is 9.88 Å². The molecule has 0 aliphatic carbocycles. The van der Waals surface area contributed by atoms with Crippen LogP contribution in [0.25, 0.3) is 16.3 Å². The maximum atomic E-state index is 12.1. The minimum absolute atomic E-state index is 0.212. The van der Waals surface area contributed by atoms with E-state index < -0.39 is 5.60 Å². The molecule has 0 N–H and O–H groups in total. The number of thiazole rings is 1. The highest BCUT2D eigenvalue weighted by molar-refractivity contribution is 7.19. The molecule has 1 aromatic carbocycles. The van der Waals surface area contributed by atoms with Crippen LogP contribution in [0.5, 0.6) is 0 Å². The van der Waals surface area contributed by atoms with E-state index in [9.17, 15) is 4.79 Å². The molecule has 0 unspecified atom stereocenters. The number of para-hydroxylation sites is 1. The van der Waals surface area contributed by atoms with Crippen LogP contribution >= 0.6 is 11.3 Å².